The van der Waals surface area contributed by atoms with Gasteiger partial charge in [-0.1, -0.05) is 5.11 Å². The van der Waals surface area contributed by atoms with Crippen LogP contribution < -0.4 is 5.73 Å². The minimum atomic E-state index is -1.18. The Morgan fingerprint density at radius 3 is 2.91 bits per heavy atom. The molecule has 3 N–H and O–H groups in total. The predicted molar refractivity (Wildman–Crippen MR) is 80.3 cm³/mol. The van der Waals surface area contributed by atoms with Gasteiger partial charge >= 0.3 is 5.97 Å². The molecule has 0 aliphatic heterocycles. The molecular weight excluding hydrogens is 328 g/mol. The summed E-state index contributed by atoms with van der Waals surface area (Å²) in [5.74, 6) is -0.601. The molecule has 2 atom stereocenters. The summed E-state index contributed by atoms with van der Waals surface area (Å²) in [5.41, 5.74) is 14.6. The molecule has 0 aliphatic rings. The van der Waals surface area contributed by atoms with E-state index in [4.69, 9.17) is 11.3 Å². The van der Waals surface area contributed by atoms with Crippen molar-refractivity contribution in [2.45, 2.75) is 18.7 Å². The van der Waals surface area contributed by atoms with Gasteiger partial charge in [0.2, 0.25) is 0 Å². The van der Waals surface area contributed by atoms with Gasteiger partial charge in [-0.3, -0.25) is 0 Å². The standard InChI is InChI=1S/C11H12N6O3S2/c1-20-11(19)6-4-22-10(15-6)8(16-17-13)9(18)5-3-21-7(2-12)14-5/h3-4,8-9,18H,2,12H2,1H3. The number of azide groups is 1. The van der Waals surface area contributed by atoms with Gasteiger partial charge < -0.3 is 15.6 Å². The summed E-state index contributed by atoms with van der Waals surface area (Å²) in [7, 11) is 1.24. The van der Waals surface area contributed by atoms with Crippen molar-refractivity contribution in [1.82, 2.24) is 9.97 Å². The van der Waals surface area contributed by atoms with E-state index in [1.807, 2.05) is 0 Å². The zero-order valence-electron chi connectivity index (χ0n) is 11.4. The summed E-state index contributed by atoms with van der Waals surface area (Å²) >= 11 is 2.39. The molecule has 2 rings (SSSR count). The third kappa shape index (κ3) is 3.40. The van der Waals surface area contributed by atoms with Crippen molar-refractivity contribution in [3.63, 3.8) is 0 Å². The Labute approximate surface area is 133 Å². The van der Waals surface area contributed by atoms with Gasteiger partial charge in [0.15, 0.2) is 5.69 Å². The molecule has 0 saturated carbocycles. The van der Waals surface area contributed by atoms with E-state index in [0.717, 1.165) is 11.3 Å². The molecule has 2 heterocycles. The van der Waals surface area contributed by atoms with E-state index < -0.39 is 18.1 Å². The topological polar surface area (TPSA) is 147 Å². The van der Waals surface area contributed by atoms with E-state index >= 15 is 0 Å². The van der Waals surface area contributed by atoms with Crippen LogP contribution in [0.25, 0.3) is 10.4 Å². The number of nitrogens with zero attached hydrogens (tertiary/aromatic N) is 5. The quantitative estimate of drug-likeness (QED) is 0.355. The Morgan fingerprint density at radius 2 is 2.32 bits per heavy atom. The summed E-state index contributed by atoms with van der Waals surface area (Å²) in [5, 5.41) is 18.0. The summed E-state index contributed by atoms with van der Waals surface area (Å²) in [6.45, 7) is 0.257. The second kappa shape index (κ2) is 7.29. The number of carbonyl (C=O) groups is 1. The molecule has 0 aliphatic carbocycles. The van der Waals surface area contributed by atoms with Crippen LogP contribution in [0.4, 0.5) is 0 Å². The Kier molecular flexibility index (Phi) is 5.41. The van der Waals surface area contributed by atoms with Gasteiger partial charge in [0, 0.05) is 22.2 Å². The van der Waals surface area contributed by atoms with Gasteiger partial charge in [-0.15, -0.1) is 22.7 Å². The average Bonchev–Trinajstić information content (AvgIpc) is 3.20. The van der Waals surface area contributed by atoms with Crippen molar-refractivity contribution in [2.75, 3.05) is 7.11 Å². The lowest BCUT2D eigenvalue weighted by molar-refractivity contribution is 0.0594. The number of nitrogens with two attached hydrogens (primary N) is 1. The van der Waals surface area contributed by atoms with E-state index in [1.54, 1.807) is 5.38 Å². The molecule has 9 nitrogen and oxygen atoms in total. The number of rotatable bonds is 6. The molecule has 0 radical (unpaired) electrons. The lowest BCUT2D eigenvalue weighted by Crippen LogP contribution is -2.10. The van der Waals surface area contributed by atoms with Crippen molar-refractivity contribution >= 4 is 28.6 Å². The van der Waals surface area contributed by atoms with E-state index in [2.05, 4.69) is 24.7 Å². The van der Waals surface area contributed by atoms with Crippen LogP contribution in [0.15, 0.2) is 15.9 Å². The van der Waals surface area contributed by atoms with Crippen LogP contribution >= 0.6 is 22.7 Å². The van der Waals surface area contributed by atoms with Crippen LogP contribution in [0.5, 0.6) is 0 Å². The lowest BCUT2D eigenvalue weighted by atomic mass is 10.1. The Morgan fingerprint density at radius 1 is 1.55 bits per heavy atom. The first-order chi connectivity index (χ1) is 10.6. The number of thiazole rings is 2. The van der Waals surface area contributed by atoms with E-state index in [1.165, 1.54) is 23.8 Å². The van der Waals surface area contributed by atoms with Gasteiger partial charge in [-0.25, -0.2) is 14.8 Å². The zero-order valence-corrected chi connectivity index (χ0v) is 13.0. The van der Waals surface area contributed by atoms with Gasteiger partial charge in [-0.05, 0) is 5.53 Å². The summed E-state index contributed by atoms with van der Waals surface area (Å²) in [6.07, 6.45) is -1.18. The molecule has 2 aromatic heterocycles. The fraction of sp³-hybridized carbons (Fsp3) is 0.364. The molecule has 22 heavy (non-hydrogen) atoms. The van der Waals surface area contributed by atoms with Gasteiger partial charge in [0.05, 0.1) is 12.8 Å². The van der Waals surface area contributed by atoms with Gasteiger partial charge in [0.25, 0.3) is 0 Å². The Hall–Kier alpha value is -2.04. The monoisotopic (exact) mass is 340 g/mol. The summed E-state index contributed by atoms with van der Waals surface area (Å²) in [6, 6.07) is -0.985. The molecule has 0 spiro atoms. The highest BCUT2D eigenvalue weighted by molar-refractivity contribution is 7.10. The number of esters is 1. The first kappa shape index (κ1) is 16.3. The molecule has 116 valence electrons. The molecule has 2 aromatic rings. The van der Waals surface area contributed by atoms with Crippen LogP contribution in [-0.2, 0) is 11.3 Å². The number of aromatic nitrogens is 2. The zero-order chi connectivity index (χ0) is 16.1. The number of hydrogen-bond donors (Lipinski definition) is 2. The minimum absolute atomic E-state index is 0.0914. The van der Waals surface area contributed by atoms with Crippen molar-refractivity contribution in [2.24, 2.45) is 10.8 Å². The summed E-state index contributed by atoms with van der Waals surface area (Å²) in [4.78, 5) is 22.4. The van der Waals surface area contributed by atoms with Crippen molar-refractivity contribution in [1.29, 1.82) is 0 Å². The highest BCUT2D eigenvalue weighted by Crippen LogP contribution is 2.34. The first-order valence-electron chi connectivity index (χ1n) is 6.01. The molecule has 0 saturated heterocycles. The fourth-order valence-corrected chi connectivity index (χ4v) is 3.19. The van der Waals surface area contributed by atoms with E-state index in [0.29, 0.717) is 15.7 Å². The number of hydrogen-bond acceptors (Lipinski definition) is 9. The molecule has 11 heteroatoms. The minimum Gasteiger partial charge on any atom is -0.464 e. The van der Waals surface area contributed by atoms with Gasteiger partial charge in [-0.2, -0.15) is 0 Å². The maximum Gasteiger partial charge on any atom is 0.357 e. The van der Waals surface area contributed by atoms with Crippen LogP contribution in [0, 0.1) is 0 Å². The van der Waals surface area contributed by atoms with Crippen molar-refractivity contribution in [3.8, 4) is 0 Å². The smallest absolute Gasteiger partial charge is 0.357 e. The number of ether oxygens (including phenoxy) is 1. The normalized spacial score (nSPS) is 13.2. The second-order valence-electron chi connectivity index (χ2n) is 4.03. The van der Waals surface area contributed by atoms with Crippen LogP contribution in [0.3, 0.4) is 0 Å². The van der Waals surface area contributed by atoms with Crippen LogP contribution in [-0.4, -0.2) is 28.2 Å². The van der Waals surface area contributed by atoms with E-state index in [-0.39, 0.29) is 12.2 Å². The fourth-order valence-electron chi connectivity index (χ4n) is 1.64. The molecule has 0 fully saturated rings. The number of aliphatic hydroxyl groups is 1. The number of carbonyl (C=O) groups excluding carboxylic acids is 1. The number of methoxy groups -OCH3 is 1. The average molecular weight is 340 g/mol. The SMILES string of the molecule is COC(=O)c1csc(C(N=[N+]=[N-])C(O)c2csc(CN)n2)n1. The molecule has 0 aromatic carbocycles. The molecule has 2 unspecified atom stereocenters. The third-order valence-electron chi connectivity index (χ3n) is 2.69. The highest BCUT2D eigenvalue weighted by atomic mass is 32.1. The van der Waals surface area contributed by atoms with Gasteiger partial charge in [0.1, 0.15) is 22.2 Å². The largest absolute Gasteiger partial charge is 0.464 e. The highest BCUT2D eigenvalue weighted by Gasteiger charge is 2.27. The Bertz CT molecular complexity index is 708. The predicted octanol–water partition coefficient (Wildman–Crippen LogP) is 1.93. The maximum atomic E-state index is 11.4. The molecular formula is C11H12N6O3S2. The Balaban J connectivity index is 2.31. The maximum absolute atomic E-state index is 11.4. The summed E-state index contributed by atoms with van der Waals surface area (Å²) < 4.78 is 4.57. The van der Waals surface area contributed by atoms with Crippen molar-refractivity contribution < 1.29 is 14.6 Å². The second-order valence-corrected chi connectivity index (χ2v) is 5.86. The van der Waals surface area contributed by atoms with E-state index in [9.17, 15) is 9.90 Å². The van der Waals surface area contributed by atoms with Crippen LogP contribution in [0.1, 0.15) is 38.3 Å². The van der Waals surface area contributed by atoms with Crippen molar-refractivity contribution in [3.05, 3.63) is 42.6 Å². The first-order valence-corrected chi connectivity index (χ1v) is 7.77. The molecule has 0 bridgehead atoms. The number of aliphatic hydroxyl groups excluding tert-OH is 1. The third-order valence-corrected chi connectivity index (χ3v) is 4.50. The van der Waals surface area contributed by atoms with Crippen LogP contribution in [0.2, 0.25) is 0 Å². The molecule has 0 amide bonds. The lowest BCUT2D eigenvalue weighted by Gasteiger charge is -2.14.